The first-order chi connectivity index (χ1) is 14.1. The van der Waals surface area contributed by atoms with Crippen LogP contribution in [0.5, 0.6) is 5.75 Å². The summed E-state index contributed by atoms with van der Waals surface area (Å²) in [5.74, 6) is 1.50. The van der Waals surface area contributed by atoms with E-state index in [1.807, 2.05) is 30.0 Å². The number of hydrogen-bond donors (Lipinski definition) is 1. The Labute approximate surface area is 167 Å². The Hall–Kier alpha value is -3.35. The number of rotatable bonds is 3. The zero-order chi connectivity index (χ0) is 20.0. The van der Waals surface area contributed by atoms with E-state index in [4.69, 9.17) is 9.15 Å². The van der Waals surface area contributed by atoms with Gasteiger partial charge in [0.05, 0.1) is 7.11 Å². The minimum atomic E-state index is -0.0453. The summed E-state index contributed by atoms with van der Waals surface area (Å²) in [6.07, 6.45) is 5.18. The molecule has 4 aromatic rings. The molecule has 4 heterocycles. The van der Waals surface area contributed by atoms with Gasteiger partial charge in [-0.15, -0.1) is 0 Å². The second-order valence-electron chi connectivity index (χ2n) is 7.50. The number of piperidine rings is 1. The van der Waals surface area contributed by atoms with Crippen molar-refractivity contribution in [2.45, 2.75) is 25.7 Å². The number of carbonyl (C=O) groups excluding carboxylic acids is 1. The van der Waals surface area contributed by atoms with Crippen molar-refractivity contribution >= 4 is 28.0 Å². The lowest BCUT2D eigenvalue weighted by Crippen LogP contribution is -2.38. The van der Waals surface area contributed by atoms with Crippen molar-refractivity contribution in [1.82, 2.24) is 19.9 Å². The summed E-state index contributed by atoms with van der Waals surface area (Å²) in [4.78, 5) is 27.0. The predicted octanol–water partition coefficient (Wildman–Crippen LogP) is 4.04. The molecule has 148 valence electrons. The largest absolute Gasteiger partial charge is 0.497 e. The first kappa shape index (κ1) is 17.7. The Morgan fingerprint density at radius 1 is 1.21 bits per heavy atom. The third-order valence-corrected chi connectivity index (χ3v) is 5.84. The lowest BCUT2D eigenvalue weighted by molar-refractivity contribution is 0.0681. The quantitative estimate of drug-likeness (QED) is 0.571. The van der Waals surface area contributed by atoms with Crippen molar-refractivity contribution in [3.05, 3.63) is 53.7 Å². The van der Waals surface area contributed by atoms with Gasteiger partial charge >= 0.3 is 0 Å². The minimum Gasteiger partial charge on any atom is -0.497 e. The Balaban J connectivity index is 1.33. The second-order valence-corrected chi connectivity index (χ2v) is 7.50. The molecular formula is C22H22N4O3. The Kier molecular flexibility index (Phi) is 4.23. The van der Waals surface area contributed by atoms with Crippen LogP contribution in [0, 0.1) is 6.92 Å². The number of nitrogens with zero attached hydrogens (tertiary/aromatic N) is 3. The standard InChI is InChI=1S/C22H22N4O3/c1-13-16-11-15(28-2)3-4-19(16)29-20(13)22(27)26-9-5-14(6-10-26)17-12-18-21(25-17)24-8-7-23-18/h3-4,7-8,11-12,14H,5-6,9-10H2,1-2H3,(H,24,25). The number of furan rings is 1. The molecule has 0 saturated carbocycles. The number of hydrogen-bond acceptors (Lipinski definition) is 5. The molecule has 1 fully saturated rings. The molecule has 1 amide bonds. The van der Waals surface area contributed by atoms with Crippen molar-refractivity contribution in [3.8, 4) is 5.75 Å². The molecule has 0 atom stereocenters. The molecule has 3 aromatic heterocycles. The topological polar surface area (TPSA) is 84.2 Å². The summed E-state index contributed by atoms with van der Waals surface area (Å²) in [7, 11) is 1.63. The lowest BCUT2D eigenvalue weighted by atomic mass is 9.93. The number of H-pyrrole nitrogens is 1. The van der Waals surface area contributed by atoms with Gasteiger partial charge in [-0.3, -0.25) is 9.78 Å². The molecular weight excluding hydrogens is 368 g/mol. The van der Waals surface area contributed by atoms with Gasteiger partial charge in [0.1, 0.15) is 16.8 Å². The lowest BCUT2D eigenvalue weighted by Gasteiger charge is -2.31. The third-order valence-electron chi connectivity index (χ3n) is 5.84. The second kappa shape index (κ2) is 6.92. The number of aromatic amines is 1. The average Bonchev–Trinajstić information content (AvgIpc) is 3.34. The zero-order valence-electron chi connectivity index (χ0n) is 16.4. The fourth-order valence-electron chi connectivity index (χ4n) is 4.16. The highest BCUT2D eigenvalue weighted by atomic mass is 16.5. The molecule has 1 aliphatic rings. The number of nitrogens with one attached hydrogen (secondary N) is 1. The van der Waals surface area contributed by atoms with E-state index in [0.717, 1.165) is 46.4 Å². The van der Waals surface area contributed by atoms with Gasteiger partial charge in [-0.25, -0.2) is 4.98 Å². The summed E-state index contributed by atoms with van der Waals surface area (Å²) >= 11 is 0. The summed E-state index contributed by atoms with van der Waals surface area (Å²) in [5.41, 5.74) is 4.41. The molecule has 1 aromatic carbocycles. The smallest absolute Gasteiger partial charge is 0.289 e. The zero-order valence-corrected chi connectivity index (χ0v) is 16.4. The van der Waals surface area contributed by atoms with E-state index in [1.54, 1.807) is 19.5 Å². The molecule has 7 heteroatoms. The predicted molar refractivity (Wildman–Crippen MR) is 109 cm³/mol. The van der Waals surface area contributed by atoms with Crippen LogP contribution < -0.4 is 4.74 Å². The number of likely N-dealkylation sites (tertiary alicyclic amines) is 1. The van der Waals surface area contributed by atoms with Gasteiger partial charge in [0.2, 0.25) is 0 Å². The van der Waals surface area contributed by atoms with Crippen LogP contribution >= 0.6 is 0 Å². The summed E-state index contributed by atoms with van der Waals surface area (Å²) in [5, 5.41) is 0.917. The van der Waals surface area contributed by atoms with Gasteiger partial charge in [-0.1, -0.05) is 0 Å². The van der Waals surface area contributed by atoms with Crippen LogP contribution in [0.3, 0.4) is 0 Å². The van der Waals surface area contributed by atoms with E-state index in [-0.39, 0.29) is 5.91 Å². The maximum Gasteiger partial charge on any atom is 0.289 e. The van der Waals surface area contributed by atoms with Crippen LogP contribution in [0.1, 0.15) is 40.6 Å². The normalized spacial score (nSPS) is 15.3. The third kappa shape index (κ3) is 3.03. The number of carbonyl (C=O) groups is 1. The van der Waals surface area contributed by atoms with Crippen molar-refractivity contribution in [2.75, 3.05) is 20.2 Å². The maximum atomic E-state index is 13.1. The van der Waals surface area contributed by atoms with E-state index in [2.05, 4.69) is 21.0 Å². The Morgan fingerprint density at radius 2 is 2.00 bits per heavy atom. The van der Waals surface area contributed by atoms with Crippen LogP contribution in [0.2, 0.25) is 0 Å². The van der Waals surface area contributed by atoms with E-state index in [9.17, 15) is 4.79 Å². The van der Waals surface area contributed by atoms with E-state index < -0.39 is 0 Å². The number of benzene rings is 1. The van der Waals surface area contributed by atoms with Crippen LogP contribution in [0.25, 0.3) is 22.1 Å². The molecule has 29 heavy (non-hydrogen) atoms. The average molecular weight is 390 g/mol. The SMILES string of the molecule is COc1ccc2oc(C(=O)N3CCC(c4cc5nccnc5[nH]4)CC3)c(C)c2c1. The molecule has 0 radical (unpaired) electrons. The summed E-state index contributed by atoms with van der Waals surface area (Å²) in [6, 6.07) is 7.67. The summed E-state index contributed by atoms with van der Waals surface area (Å²) < 4.78 is 11.2. The van der Waals surface area contributed by atoms with Crippen LogP contribution in [0.15, 0.2) is 41.1 Å². The van der Waals surface area contributed by atoms with Gasteiger partial charge in [-0.05, 0) is 44.0 Å². The molecule has 1 aliphatic heterocycles. The first-order valence-electron chi connectivity index (χ1n) is 9.80. The number of fused-ring (bicyclic) bond motifs is 2. The van der Waals surface area contributed by atoms with Crippen molar-refractivity contribution in [1.29, 1.82) is 0 Å². The fourth-order valence-corrected chi connectivity index (χ4v) is 4.16. The van der Waals surface area contributed by atoms with Gasteiger partial charge < -0.3 is 19.0 Å². The number of aromatic nitrogens is 3. The maximum absolute atomic E-state index is 13.1. The summed E-state index contributed by atoms with van der Waals surface area (Å²) in [6.45, 7) is 3.31. The van der Waals surface area contributed by atoms with Gasteiger partial charge in [0.25, 0.3) is 5.91 Å². The minimum absolute atomic E-state index is 0.0453. The molecule has 1 N–H and O–H groups in total. The molecule has 0 aliphatic carbocycles. The van der Waals surface area contributed by atoms with E-state index in [1.165, 1.54) is 0 Å². The highest BCUT2D eigenvalue weighted by Crippen LogP contribution is 2.32. The van der Waals surface area contributed by atoms with Gasteiger partial charge in [-0.2, -0.15) is 0 Å². The number of methoxy groups -OCH3 is 1. The Morgan fingerprint density at radius 3 is 2.76 bits per heavy atom. The Bertz CT molecular complexity index is 1170. The van der Waals surface area contributed by atoms with Gasteiger partial charge in [0.15, 0.2) is 11.4 Å². The van der Waals surface area contributed by atoms with Crippen molar-refractivity contribution in [2.24, 2.45) is 0 Å². The molecule has 1 saturated heterocycles. The monoisotopic (exact) mass is 390 g/mol. The highest BCUT2D eigenvalue weighted by molar-refractivity contribution is 5.99. The highest BCUT2D eigenvalue weighted by Gasteiger charge is 2.29. The molecule has 0 unspecified atom stereocenters. The number of ether oxygens (including phenoxy) is 1. The van der Waals surface area contributed by atoms with E-state index in [0.29, 0.717) is 30.4 Å². The number of aryl methyl sites for hydroxylation is 1. The molecule has 0 bridgehead atoms. The molecule has 0 spiro atoms. The van der Waals surface area contributed by atoms with Crippen LogP contribution in [0.4, 0.5) is 0 Å². The van der Waals surface area contributed by atoms with Crippen LogP contribution in [-0.2, 0) is 0 Å². The van der Waals surface area contributed by atoms with Crippen molar-refractivity contribution in [3.63, 3.8) is 0 Å². The molecule has 7 nitrogen and oxygen atoms in total. The van der Waals surface area contributed by atoms with Gasteiger partial charge in [0, 0.05) is 48.0 Å². The van der Waals surface area contributed by atoms with Crippen LogP contribution in [-0.4, -0.2) is 46.0 Å². The molecule has 5 rings (SSSR count). The fraction of sp³-hybridized carbons (Fsp3) is 0.318. The van der Waals surface area contributed by atoms with Crippen molar-refractivity contribution < 1.29 is 13.9 Å². The van der Waals surface area contributed by atoms with E-state index >= 15 is 0 Å². The number of amides is 1. The first-order valence-corrected chi connectivity index (χ1v) is 9.80.